The summed E-state index contributed by atoms with van der Waals surface area (Å²) in [5.41, 5.74) is 0. The highest BCUT2D eigenvalue weighted by Gasteiger charge is 2.02. The van der Waals surface area contributed by atoms with Gasteiger partial charge in [0.15, 0.2) is 0 Å². The highest BCUT2D eigenvalue weighted by molar-refractivity contribution is 5.06. The number of hydrogen-bond donors (Lipinski definition) is 1. The van der Waals surface area contributed by atoms with Crippen LogP contribution in [0.4, 0.5) is 0 Å². The molecule has 0 radical (unpaired) electrons. The van der Waals surface area contributed by atoms with E-state index in [4.69, 9.17) is 9.15 Å². The normalized spacial score (nSPS) is 11.4. The standard InChI is InChI=1S/C16H29NO2/c1-4-5-6-7-8-11-18-13-16-10-9-15(19-16)12-17-14(2)3/h9-10,14,17H,4-8,11-13H2,1-3H3. The zero-order valence-electron chi connectivity index (χ0n) is 12.7. The minimum Gasteiger partial charge on any atom is -0.462 e. The van der Waals surface area contributed by atoms with E-state index >= 15 is 0 Å². The number of furan rings is 1. The van der Waals surface area contributed by atoms with Crippen molar-refractivity contribution in [2.24, 2.45) is 0 Å². The molecule has 1 heterocycles. The molecule has 0 aliphatic heterocycles. The molecule has 3 heteroatoms. The zero-order valence-corrected chi connectivity index (χ0v) is 12.7. The molecule has 1 aromatic rings. The largest absolute Gasteiger partial charge is 0.462 e. The van der Waals surface area contributed by atoms with E-state index in [1.807, 2.05) is 12.1 Å². The third kappa shape index (κ3) is 8.06. The van der Waals surface area contributed by atoms with Gasteiger partial charge in [-0.25, -0.2) is 0 Å². The minimum atomic E-state index is 0.480. The third-order valence-corrected chi connectivity index (χ3v) is 3.04. The van der Waals surface area contributed by atoms with Gasteiger partial charge in [-0.1, -0.05) is 46.5 Å². The van der Waals surface area contributed by atoms with Crippen LogP contribution in [-0.4, -0.2) is 12.6 Å². The van der Waals surface area contributed by atoms with Gasteiger partial charge in [0.2, 0.25) is 0 Å². The predicted octanol–water partition coefficient (Wildman–Crippen LogP) is 4.26. The van der Waals surface area contributed by atoms with E-state index in [0.29, 0.717) is 12.6 Å². The molecule has 1 aromatic heterocycles. The number of ether oxygens (including phenoxy) is 1. The first-order valence-corrected chi connectivity index (χ1v) is 7.61. The van der Waals surface area contributed by atoms with Crippen LogP contribution in [0.25, 0.3) is 0 Å². The smallest absolute Gasteiger partial charge is 0.129 e. The molecule has 110 valence electrons. The third-order valence-electron chi connectivity index (χ3n) is 3.04. The van der Waals surface area contributed by atoms with Gasteiger partial charge in [0.05, 0.1) is 6.54 Å². The molecule has 0 aromatic carbocycles. The fourth-order valence-electron chi connectivity index (χ4n) is 1.88. The van der Waals surface area contributed by atoms with Crippen molar-refractivity contribution in [2.45, 2.75) is 72.1 Å². The number of unbranched alkanes of at least 4 members (excludes halogenated alkanes) is 4. The molecule has 0 spiro atoms. The van der Waals surface area contributed by atoms with E-state index in [-0.39, 0.29) is 0 Å². The van der Waals surface area contributed by atoms with Crippen molar-refractivity contribution in [3.8, 4) is 0 Å². The Balaban J connectivity index is 2.06. The molecular weight excluding hydrogens is 238 g/mol. The van der Waals surface area contributed by atoms with Gasteiger partial charge in [-0.3, -0.25) is 0 Å². The van der Waals surface area contributed by atoms with E-state index in [0.717, 1.165) is 31.1 Å². The summed E-state index contributed by atoms with van der Waals surface area (Å²) in [6.07, 6.45) is 6.38. The van der Waals surface area contributed by atoms with Gasteiger partial charge < -0.3 is 14.5 Å². The maximum Gasteiger partial charge on any atom is 0.129 e. The molecule has 0 aliphatic rings. The monoisotopic (exact) mass is 267 g/mol. The zero-order chi connectivity index (χ0) is 13.9. The van der Waals surface area contributed by atoms with Crippen LogP contribution in [0, 0.1) is 0 Å². The van der Waals surface area contributed by atoms with Gasteiger partial charge in [0, 0.05) is 12.6 Å². The van der Waals surface area contributed by atoms with E-state index < -0.39 is 0 Å². The highest BCUT2D eigenvalue weighted by Crippen LogP contribution is 2.10. The Hall–Kier alpha value is -0.800. The first kappa shape index (κ1) is 16.3. The summed E-state index contributed by atoms with van der Waals surface area (Å²) in [5.74, 6) is 1.91. The second-order valence-corrected chi connectivity index (χ2v) is 5.37. The lowest BCUT2D eigenvalue weighted by Gasteiger charge is -2.05. The quantitative estimate of drug-likeness (QED) is 0.608. The fourth-order valence-corrected chi connectivity index (χ4v) is 1.88. The second kappa shape index (κ2) is 10.0. The van der Waals surface area contributed by atoms with E-state index in [9.17, 15) is 0 Å². The fraction of sp³-hybridized carbons (Fsp3) is 0.750. The Morgan fingerprint density at radius 3 is 2.58 bits per heavy atom. The molecule has 3 nitrogen and oxygen atoms in total. The summed E-state index contributed by atoms with van der Waals surface area (Å²) < 4.78 is 11.3. The second-order valence-electron chi connectivity index (χ2n) is 5.37. The molecule has 0 atom stereocenters. The Morgan fingerprint density at radius 2 is 1.84 bits per heavy atom. The average molecular weight is 267 g/mol. The van der Waals surface area contributed by atoms with Crippen LogP contribution in [0.3, 0.4) is 0 Å². The van der Waals surface area contributed by atoms with Crippen molar-refractivity contribution in [3.63, 3.8) is 0 Å². The molecule has 0 saturated heterocycles. The van der Waals surface area contributed by atoms with E-state index in [1.165, 1.54) is 25.7 Å². The van der Waals surface area contributed by atoms with Gasteiger partial charge in [0.1, 0.15) is 18.1 Å². The van der Waals surface area contributed by atoms with Gasteiger partial charge in [-0.2, -0.15) is 0 Å². The maximum absolute atomic E-state index is 5.69. The van der Waals surface area contributed by atoms with Crippen LogP contribution < -0.4 is 5.32 Å². The summed E-state index contributed by atoms with van der Waals surface area (Å²) in [6.45, 7) is 8.71. The molecule has 0 bridgehead atoms. The summed E-state index contributed by atoms with van der Waals surface area (Å²) in [7, 11) is 0. The number of rotatable bonds is 11. The molecular formula is C16H29NO2. The van der Waals surface area contributed by atoms with Gasteiger partial charge in [0.25, 0.3) is 0 Å². The summed E-state index contributed by atoms with van der Waals surface area (Å²) >= 11 is 0. The average Bonchev–Trinajstić information content (AvgIpc) is 2.83. The van der Waals surface area contributed by atoms with Crippen molar-refractivity contribution in [2.75, 3.05) is 6.61 Å². The van der Waals surface area contributed by atoms with Gasteiger partial charge in [-0.15, -0.1) is 0 Å². The maximum atomic E-state index is 5.69. The lowest BCUT2D eigenvalue weighted by Crippen LogP contribution is -2.21. The first-order valence-electron chi connectivity index (χ1n) is 7.61. The van der Waals surface area contributed by atoms with Gasteiger partial charge >= 0.3 is 0 Å². The number of hydrogen-bond acceptors (Lipinski definition) is 3. The molecule has 0 aliphatic carbocycles. The van der Waals surface area contributed by atoms with E-state index in [1.54, 1.807) is 0 Å². The van der Waals surface area contributed by atoms with Crippen LogP contribution >= 0.6 is 0 Å². The van der Waals surface area contributed by atoms with Crippen LogP contribution in [0.2, 0.25) is 0 Å². The SMILES string of the molecule is CCCCCCCOCc1ccc(CNC(C)C)o1. The molecule has 1 rings (SSSR count). The van der Waals surface area contributed by atoms with Crippen molar-refractivity contribution in [3.05, 3.63) is 23.7 Å². The van der Waals surface area contributed by atoms with Crippen LogP contribution in [0.1, 0.15) is 64.4 Å². The Bertz CT molecular complexity index is 320. The summed E-state index contributed by atoms with van der Waals surface area (Å²) in [4.78, 5) is 0. The van der Waals surface area contributed by atoms with Crippen molar-refractivity contribution >= 4 is 0 Å². The molecule has 1 N–H and O–H groups in total. The van der Waals surface area contributed by atoms with Crippen molar-refractivity contribution < 1.29 is 9.15 Å². The summed E-state index contributed by atoms with van der Waals surface area (Å²) in [6, 6.07) is 4.51. The molecule has 0 saturated carbocycles. The molecule has 0 amide bonds. The topological polar surface area (TPSA) is 34.4 Å². The Kier molecular flexibility index (Phi) is 8.59. The van der Waals surface area contributed by atoms with Crippen molar-refractivity contribution in [1.29, 1.82) is 0 Å². The van der Waals surface area contributed by atoms with E-state index in [2.05, 4.69) is 26.1 Å². The van der Waals surface area contributed by atoms with Crippen molar-refractivity contribution in [1.82, 2.24) is 5.32 Å². The van der Waals surface area contributed by atoms with Crippen LogP contribution in [-0.2, 0) is 17.9 Å². The lowest BCUT2D eigenvalue weighted by atomic mass is 10.2. The molecule has 0 unspecified atom stereocenters. The Morgan fingerprint density at radius 1 is 1.11 bits per heavy atom. The Labute approximate surface area is 117 Å². The molecule has 0 fully saturated rings. The van der Waals surface area contributed by atoms with Crippen LogP contribution in [0.5, 0.6) is 0 Å². The number of nitrogens with one attached hydrogen (secondary N) is 1. The summed E-state index contributed by atoms with van der Waals surface area (Å²) in [5, 5.41) is 3.34. The van der Waals surface area contributed by atoms with Crippen LogP contribution in [0.15, 0.2) is 16.5 Å². The first-order chi connectivity index (χ1) is 9.22. The molecule has 19 heavy (non-hydrogen) atoms. The highest BCUT2D eigenvalue weighted by atomic mass is 16.5. The predicted molar refractivity (Wildman–Crippen MR) is 79.1 cm³/mol. The lowest BCUT2D eigenvalue weighted by molar-refractivity contribution is 0.101. The van der Waals surface area contributed by atoms with Gasteiger partial charge in [-0.05, 0) is 18.6 Å². The minimum absolute atomic E-state index is 0.480.